The standard InChI is InChI=1S/C26H28N2O3S/c1-2-32(30,31)28-17-15-26(16-18-28,21-8-4-3-5-9-21)25(29)27-23-14-13-20-12-11-19-7-6-10-22(23)24(19)20/h3-10,13-14H,2,11-12,15-18H2,1H3,(H,27,29). The highest BCUT2D eigenvalue weighted by molar-refractivity contribution is 7.89. The second kappa shape index (κ2) is 8.01. The van der Waals surface area contributed by atoms with Crippen LogP contribution >= 0.6 is 0 Å². The maximum atomic E-state index is 13.9. The van der Waals surface area contributed by atoms with Crippen molar-refractivity contribution in [3.8, 4) is 0 Å². The van der Waals surface area contributed by atoms with Crippen molar-refractivity contribution >= 4 is 32.4 Å². The number of rotatable bonds is 5. The van der Waals surface area contributed by atoms with E-state index in [1.54, 1.807) is 6.92 Å². The van der Waals surface area contributed by atoms with E-state index in [4.69, 9.17) is 0 Å². The van der Waals surface area contributed by atoms with Gasteiger partial charge in [0, 0.05) is 24.2 Å². The fourth-order valence-corrected chi connectivity index (χ4v) is 6.43. The summed E-state index contributed by atoms with van der Waals surface area (Å²) < 4.78 is 26.3. The fraction of sp³-hybridized carbons (Fsp3) is 0.346. The molecule has 2 aliphatic rings. The van der Waals surface area contributed by atoms with Crippen molar-refractivity contribution in [2.45, 2.75) is 38.0 Å². The summed E-state index contributed by atoms with van der Waals surface area (Å²) in [6, 6.07) is 20.2. The zero-order valence-corrected chi connectivity index (χ0v) is 19.1. The van der Waals surface area contributed by atoms with Crippen LogP contribution in [0.3, 0.4) is 0 Å². The lowest BCUT2D eigenvalue weighted by molar-refractivity contribution is -0.123. The van der Waals surface area contributed by atoms with Crippen LogP contribution in [0.1, 0.15) is 36.5 Å². The number of benzene rings is 3. The number of hydrogen-bond acceptors (Lipinski definition) is 3. The minimum Gasteiger partial charge on any atom is -0.325 e. The van der Waals surface area contributed by atoms with E-state index in [1.807, 2.05) is 36.4 Å². The minimum absolute atomic E-state index is 0.0593. The van der Waals surface area contributed by atoms with Crippen LogP contribution < -0.4 is 5.32 Å². The van der Waals surface area contributed by atoms with Crippen molar-refractivity contribution in [3.05, 3.63) is 77.4 Å². The second-order valence-corrected chi connectivity index (χ2v) is 11.1. The highest BCUT2D eigenvalue weighted by Gasteiger charge is 2.44. The number of carbonyl (C=O) groups is 1. The molecule has 166 valence electrons. The highest BCUT2D eigenvalue weighted by atomic mass is 32.2. The lowest BCUT2D eigenvalue weighted by Crippen LogP contribution is -2.51. The third kappa shape index (κ3) is 3.42. The van der Waals surface area contributed by atoms with Gasteiger partial charge in [-0.05, 0) is 60.7 Å². The maximum absolute atomic E-state index is 13.9. The topological polar surface area (TPSA) is 66.5 Å². The Bertz CT molecular complexity index is 1270. The van der Waals surface area contributed by atoms with Crippen LogP contribution in [0, 0.1) is 0 Å². The lowest BCUT2D eigenvalue weighted by atomic mass is 9.72. The van der Waals surface area contributed by atoms with Gasteiger partial charge in [-0.1, -0.05) is 54.6 Å². The van der Waals surface area contributed by atoms with Crippen LogP contribution in [0.2, 0.25) is 0 Å². The first-order valence-corrected chi connectivity index (χ1v) is 12.9. The molecule has 1 aliphatic carbocycles. The van der Waals surface area contributed by atoms with Crippen molar-refractivity contribution in [2.75, 3.05) is 24.2 Å². The molecule has 0 aromatic heterocycles. The summed E-state index contributed by atoms with van der Waals surface area (Å²) in [7, 11) is -3.27. The molecule has 0 atom stereocenters. The van der Waals surface area contributed by atoms with Gasteiger partial charge in [0.2, 0.25) is 15.9 Å². The van der Waals surface area contributed by atoms with E-state index in [1.165, 1.54) is 20.8 Å². The summed E-state index contributed by atoms with van der Waals surface area (Å²) in [6.07, 6.45) is 3.01. The molecule has 0 spiro atoms. The SMILES string of the molecule is CCS(=O)(=O)N1CCC(C(=O)Nc2ccc3c4c(cccc24)CC3)(c2ccccc2)CC1. The Kier molecular flexibility index (Phi) is 5.30. The Labute approximate surface area is 189 Å². The van der Waals surface area contributed by atoms with Crippen LogP contribution in [-0.4, -0.2) is 37.5 Å². The van der Waals surface area contributed by atoms with E-state index in [9.17, 15) is 13.2 Å². The highest BCUT2D eigenvalue weighted by Crippen LogP contribution is 2.40. The zero-order chi connectivity index (χ0) is 22.3. The number of nitrogens with one attached hydrogen (secondary N) is 1. The normalized spacial score (nSPS) is 18.0. The Morgan fingerprint density at radius 2 is 1.62 bits per heavy atom. The third-order valence-corrected chi connectivity index (χ3v) is 9.10. The van der Waals surface area contributed by atoms with Gasteiger partial charge < -0.3 is 5.32 Å². The first kappa shape index (κ1) is 21.2. The van der Waals surface area contributed by atoms with Crippen molar-refractivity contribution in [1.29, 1.82) is 0 Å². The number of aryl methyl sites for hydroxylation is 2. The Balaban J connectivity index is 1.50. The smallest absolute Gasteiger partial charge is 0.235 e. The molecular formula is C26H28N2O3S. The number of sulfonamides is 1. The quantitative estimate of drug-likeness (QED) is 0.634. The van der Waals surface area contributed by atoms with Crippen LogP contribution in [0.25, 0.3) is 10.8 Å². The van der Waals surface area contributed by atoms with Gasteiger partial charge in [0.25, 0.3) is 0 Å². The largest absolute Gasteiger partial charge is 0.325 e. The Morgan fingerprint density at radius 1 is 0.938 bits per heavy atom. The lowest BCUT2D eigenvalue weighted by Gasteiger charge is -2.40. The van der Waals surface area contributed by atoms with Crippen molar-refractivity contribution in [1.82, 2.24) is 4.31 Å². The van der Waals surface area contributed by atoms with Gasteiger partial charge in [0.15, 0.2) is 0 Å². The molecule has 0 radical (unpaired) electrons. The average Bonchev–Trinajstić information content (AvgIpc) is 3.26. The molecule has 6 heteroatoms. The van der Waals surface area contributed by atoms with Crippen molar-refractivity contribution in [3.63, 3.8) is 0 Å². The molecule has 0 unspecified atom stereocenters. The molecule has 1 N–H and O–H groups in total. The van der Waals surface area contributed by atoms with E-state index in [2.05, 4.69) is 29.6 Å². The summed E-state index contributed by atoms with van der Waals surface area (Å²) >= 11 is 0. The van der Waals surface area contributed by atoms with Gasteiger partial charge in [-0.2, -0.15) is 0 Å². The molecule has 32 heavy (non-hydrogen) atoms. The van der Waals surface area contributed by atoms with Crippen LogP contribution in [0.15, 0.2) is 60.7 Å². The minimum atomic E-state index is -3.27. The van der Waals surface area contributed by atoms with E-state index >= 15 is 0 Å². The van der Waals surface area contributed by atoms with Gasteiger partial charge in [0.05, 0.1) is 11.2 Å². The zero-order valence-electron chi connectivity index (χ0n) is 18.3. The van der Waals surface area contributed by atoms with Crippen molar-refractivity contribution in [2.24, 2.45) is 0 Å². The third-order valence-electron chi connectivity index (χ3n) is 7.22. The monoisotopic (exact) mass is 448 g/mol. The van der Waals surface area contributed by atoms with Gasteiger partial charge >= 0.3 is 0 Å². The molecule has 3 aromatic carbocycles. The molecule has 1 heterocycles. The molecule has 3 aromatic rings. The van der Waals surface area contributed by atoms with Crippen LogP contribution in [0.5, 0.6) is 0 Å². The second-order valence-electron chi connectivity index (χ2n) is 8.81. The van der Waals surface area contributed by atoms with Crippen LogP contribution in [-0.2, 0) is 33.1 Å². The molecule has 5 rings (SSSR count). The average molecular weight is 449 g/mol. The first-order valence-electron chi connectivity index (χ1n) is 11.3. The summed E-state index contributed by atoms with van der Waals surface area (Å²) in [5.41, 5.74) is 3.69. The molecule has 0 saturated carbocycles. The molecule has 1 fully saturated rings. The molecule has 0 bridgehead atoms. The number of hydrogen-bond donors (Lipinski definition) is 1. The van der Waals surface area contributed by atoms with E-state index in [0.29, 0.717) is 25.9 Å². The molecule has 5 nitrogen and oxygen atoms in total. The first-order chi connectivity index (χ1) is 15.4. The number of amides is 1. The number of nitrogens with zero attached hydrogens (tertiary/aromatic N) is 1. The Hall–Kier alpha value is -2.70. The maximum Gasteiger partial charge on any atom is 0.235 e. The van der Waals surface area contributed by atoms with Gasteiger partial charge in [0.1, 0.15) is 0 Å². The van der Waals surface area contributed by atoms with E-state index in [-0.39, 0.29) is 11.7 Å². The predicted octanol–water partition coefficient (Wildman–Crippen LogP) is 4.26. The Morgan fingerprint density at radius 3 is 2.31 bits per heavy atom. The number of anilines is 1. The summed E-state index contributed by atoms with van der Waals surface area (Å²) in [5, 5.41) is 5.59. The number of carbonyl (C=O) groups excluding carboxylic acids is 1. The van der Waals surface area contributed by atoms with E-state index < -0.39 is 15.4 Å². The van der Waals surface area contributed by atoms with Gasteiger partial charge in [-0.3, -0.25) is 4.79 Å². The summed E-state index contributed by atoms with van der Waals surface area (Å²) in [6.45, 7) is 2.36. The predicted molar refractivity (Wildman–Crippen MR) is 128 cm³/mol. The molecule has 1 saturated heterocycles. The molecule has 1 aliphatic heterocycles. The fourth-order valence-electron chi connectivity index (χ4n) is 5.33. The summed E-state index contributed by atoms with van der Waals surface area (Å²) in [5.74, 6) is 0.0222. The number of piperidine rings is 1. The van der Waals surface area contributed by atoms with Gasteiger partial charge in [-0.25, -0.2) is 12.7 Å². The summed E-state index contributed by atoms with van der Waals surface area (Å²) in [4.78, 5) is 13.9. The van der Waals surface area contributed by atoms with Crippen LogP contribution in [0.4, 0.5) is 5.69 Å². The molecular weight excluding hydrogens is 420 g/mol. The van der Waals surface area contributed by atoms with Crippen molar-refractivity contribution < 1.29 is 13.2 Å². The van der Waals surface area contributed by atoms with E-state index in [0.717, 1.165) is 29.5 Å². The van der Waals surface area contributed by atoms with Gasteiger partial charge in [-0.15, -0.1) is 0 Å². The molecule has 1 amide bonds.